The molecule has 0 aliphatic heterocycles. The zero-order chi connectivity index (χ0) is 13.0. The van der Waals surface area contributed by atoms with Crippen molar-refractivity contribution in [1.82, 2.24) is 0 Å². The molecule has 0 atom stereocenters. The highest BCUT2D eigenvalue weighted by Crippen LogP contribution is 2.17. The lowest BCUT2D eigenvalue weighted by molar-refractivity contribution is -0.115. The van der Waals surface area contributed by atoms with Crippen LogP contribution in [-0.4, -0.2) is 5.91 Å². The second kappa shape index (κ2) is 5.69. The van der Waals surface area contributed by atoms with E-state index in [2.05, 4.69) is 21.2 Å². The molecule has 0 radical (unpaired) electrons. The minimum Gasteiger partial charge on any atom is -0.397 e. The molecule has 2 aromatic carbocycles. The minimum absolute atomic E-state index is 0.0739. The number of nitrogen functional groups attached to an aromatic ring is 1. The minimum atomic E-state index is -0.0739. The van der Waals surface area contributed by atoms with E-state index >= 15 is 0 Å². The third-order valence-electron chi connectivity index (χ3n) is 2.51. The molecule has 0 spiro atoms. The van der Waals surface area contributed by atoms with Gasteiger partial charge in [-0.3, -0.25) is 4.79 Å². The molecular weight excluding hydrogens is 292 g/mol. The maximum atomic E-state index is 11.8. The van der Waals surface area contributed by atoms with Crippen LogP contribution in [0.2, 0.25) is 0 Å². The summed E-state index contributed by atoms with van der Waals surface area (Å²) in [6, 6.07) is 14.9. The summed E-state index contributed by atoms with van der Waals surface area (Å²) in [5.74, 6) is -0.0739. The summed E-state index contributed by atoms with van der Waals surface area (Å²) in [7, 11) is 0. The summed E-state index contributed by atoms with van der Waals surface area (Å²) in [6.45, 7) is 0. The molecule has 4 heteroatoms. The molecule has 0 fully saturated rings. The predicted octanol–water partition coefficient (Wildman–Crippen LogP) is 3.21. The van der Waals surface area contributed by atoms with Crippen molar-refractivity contribution in [3.8, 4) is 0 Å². The number of rotatable bonds is 3. The van der Waals surface area contributed by atoms with Crippen LogP contribution < -0.4 is 11.1 Å². The quantitative estimate of drug-likeness (QED) is 0.856. The van der Waals surface area contributed by atoms with Gasteiger partial charge >= 0.3 is 0 Å². The van der Waals surface area contributed by atoms with Crippen LogP contribution in [0.3, 0.4) is 0 Å². The van der Waals surface area contributed by atoms with Crippen LogP contribution in [0.1, 0.15) is 5.56 Å². The highest BCUT2D eigenvalue weighted by Gasteiger charge is 2.05. The van der Waals surface area contributed by atoms with E-state index in [1.54, 1.807) is 12.1 Å². The molecule has 0 aromatic heterocycles. The van der Waals surface area contributed by atoms with Gasteiger partial charge in [-0.15, -0.1) is 0 Å². The molecule has 18 heavy (non-hydrogen) atoms. The summed E-state index contributed by atoms with van der Waals surface area (Å²) in [5, 5.41) is 2.80. The number of benzene rings is 2. The molecule has 0 aliphatic carbocycles. The fourth-order valence-electron chi connectivity index (χ4n) is 1.59. The Bertz CT molecular complexity index is 552. The molecule has 0 saturated carbocycles. The highest BCUT2D eigenvalue weighted by molar-refractivity contribution is 9.10. The van der Waals surface area contributed by atoms with E-state index in [4.69, 9.17) is 5.73 Å². The number of carbonyl (C=O) groups excluding carboxylic acids is 1. The lowest BCUT2D eigenvalue weighted by Crippen LogP contribution is -2.15. The molecule has 0 bridgehead atoms. The van der Waals surface area contributed by atoms with Crippen molar-refractivity contribution in [1.29, 1.82) is 0 Å². The Morgan fingerprint density at radius 3 is 2.44 bits per heavy atom. The van der Waals surface area contributed by atoms with Gasteiger partial charge in [-0.2, -0.15) is 0 Å². The Morgan fingerprint density at radius 2 is 1.78 bits per heavy atom. The van der Waals surface area contributed by atoms with E-state index in [1.807, 2.05) is 36.4 Å². The molecule has 0 unspecified atom stereocenters. The fourth-order valence-corrected chi connectivity index (χ4v) is 1.86. The molecule has 0 heterocycles. The van der Waals surface area contributed by atoms with E-state index in [9.17, 15) is 4.79 Å². The molecular formula is C14H13BrN2O. The third-order valence-corrected chi connectivity index (χ3v) is 3.04. The monoisotopic (exact) mass is 304 g/mol. The number of carbonyl (C=O) groups is 1. The van der Waals surface area contributed by atoms with Gasteiger partial charge in [-0.05, 0) is 29.8 Å². The normalized spacial score (nSPS) is 10.1. The molecule has 3 N–H and O–H groups in total. The first kappa shape index (κ1) is 12.6. The number of anilines is 2. The van der Waals surface area contributed by atoms with Gasteiger partial charge in [0.1, 0.15) is 0 Å². The predicted molar refractivity (Wildman–Crippen MR) is 77.3 cm³/mol. The summed E-state index contributed by atoms with van der Waals surface area (Å²) < 4.78 is 0.999. The summed E-state index contributed by atoms with van der Waals surface area (Å²) in [6.07, 6.45) is 0.335. The van der Waals surface area contributed by atoms with Crippen LogP contribution in [0.4, 0.5) is 11.4 Å². The maximum Gasteiger partial charge on any atom is 0.228 e. The van der Waals surface area contributed by atoms with Crippen LogP contribution in [0.5, 0.6) is 0 Å². The second-order valence-electron chi connectivity index (χ2n) is 3.94. The van der Waals surface area contributed by atoms with Gasteiger partial charge in [0, 0.05) is 4.47 Å². The number of para-hydroxylation sites is 2. The van der Waals surface area contributed by atoms with Gasteiger partial charge in [0.25, 0.3) is 0 Å². The van der Waals surface area contributed by atoms with E-state index < -0.39 is 0 Å². The molecule has 2 aromatic rings. The first-order valence-corrected chi connectivity index (χ1v) is 6.33. The second-order valence-corrected chi connectivity index (χ2v) is 4.85. The molecule has 2 rings (SSSR count). The first-order valence-electron chi connectivity index (χ1n) is 5.54. The third kappa shape index (κ3) is 3.34. The number of nitrogens with one attached hydrogen (secondary N) is 1. The van der Waals surface area contributed by atoms with E-state index in [1.165, 1.54) is 0 Å². The number of hydrogen-bond donors (Lipinski definition) is 2. The Kier molecular flexibility index (Phi) is 3.99. The van der Waals surface area contributed by atoms with Crippen LogP contribution >= 0.6 is 15.9 Å². The Balaban J connectivity index is 2.01. The summed E-state index contributed by atoms with van der Waals surface area (Å²) in [4.78, 5) is 11.8. The molecule has 0 saturated heterocycles. The van der Waals surface area contributed by atoms with Crippen molar-refractivity contribution in [2.45, 2.75) is 6.42 Å². The Labute approximate surface area is 114 Å². The Hall–Kier alpha value is -1.81. The summed E-state index contributed by atoms with van der Waals surface area (Å²) in [5.41, 5.74) is 7.95. The van der Waals surface area contributed by atoms with Crippen molar-refractivity contribution in [3.63, 3.8) is 0 Å². The van der Waals surface area contributed by atoms with Crippen molar-refractivity contribution >= 4 is 33.2 Å². The molecule has 92 valence electrons. The molecule has 3 nitrogen and oxygen atoms in total. The lowest BCUT2D eigenvalue weighted by atomic mass is 10.1. The van der Waals surface area contributed by atoms with Crippen LogP contribution in [0, 0.1) is 0 Å². The van der Waals surface area contributed by atoms with Gasteiger partial charge in [0.2, 0.25) is 5.91 Å². The van der Waals surface area contributed by atoms with Gasteiger partial charge < -0.3 is 11.1 Å². The largest absolute Gasteiger partial charge is 0.397 e. The number of nitrogens with two attached hydrogens (primary N) is 1. The average Bonchev–Trinajstić information content (AvgIpc) is 2.35. The number of amides is 1. The fraction of sp³-hybridized carbons (Fsp3) is 0.0714. The van der Waals surface area contributed by atoms with Crippen molar-refractivity contribution < 1.29 is 4.79 Å². The first-order chi connectivity index (χ1) is 8.65. The van der Waals surface area contributed by atoms with Gasteiger partial charge in [0.05, 0.1) is 17.8 Å². The Morgan fingerprint density at radius 1 is 1.11 bits per heavy atom. The highest BCUT2D eigenvalue weighted by atomic mass is 79.9. The molecule has 1 amide bonds. The van der Waals surface area contributed by atoms with E-state index in [0.29, 0.717) is 17.8 Å². The smallest absolute Gasteiger partial charge is 0.228 e. The van der Waals surface area contributed by atoms with Crippen molar-refractivity contribution in [2.24, 2.45) is 0 Å². The topological polar surface area (TPSA) is 55.1 Å². The van der Waals surface area contributed by atoms with Crippen molar-refractivity contribution in [2.75, 3.05) is 11.1 Å². The van der Waals surface area contributed by atoms with E-state index in [-0.39, 0.29) is 5.91 Å². The van der Waals surface area contributed by atoms with Gasteiger partial charge in [0.15, 0.2) is 0 Å². The number of halogens is 1. The van der Waals surface area contributed by atoms with Crippen LogP contribution in [0.15, 0.2) is 53.0 Å². The molecule has 0 aliphatic rings. The lowest BCUT2D eigenvalue weighted by Gasteiger charge is -2.07. The standard InChI is InChI=1S/C14H13BrN2O/c15-11-7-5-10(6-8-11)9-14(18)17-13-4-2-1-3-12(13)16/h1-8H,9,16H2,(H,17,18). The zero-order valence-corrected chi connectivity index (χ0v) is 11.3. The van der Waals surface area contributed by atoms with Gasteiger partial charge in [-0.25, -0.2) is 0 Å². The van der Waals surface area contributed by atoms with E-state index in [0.717, 1.165) is 10.0 Å². The SMILES string of the molecule is Nc1ccccc1NC(=O)Cc1ccc(Br)cc1. The maximum absolute atomic E-state index is 11.8. The average molecular weight is 305 g/mol. The number of hydrogen-bond acceptors (Lipinski definition) is 2. The van der Waals surface area contributed by atoms with Crippen LogP contribution in [0.25, 0.3) is 0 Å². The summed E-state index contributed by atoms with van der Waals surface area (Å²) >= 11 is 3.36. The zero-order valence-electron chi connectivity index (χ0n) is 9.69. The van der Waals surface area contributed by atoms with Crippen LogP contribution in [-0.2, 0) is 11.2 Å². The van der Waals surface area contributed by atoms with Gasteiger partial charge in [-0.1, -0.05) is 40.2 Å². The van der Waals surface area contributed by atoms with Crippen molar-refractivity contribution in [3.05, 3.63) is 58.6 Å².